The summed E-state index contributed by atoms with van der Waals surface area (Å²) in [5.41, 5.74) is 5.63. The first kappa shape index (κ1) is 12.6. The van der Waals surface area contributed by atoms with E-state index in [0.717, 1.165) is 26.1 Å². The van der Waals surface area contributed by atoms with Crippen LogP contribution in [0.2, 0.25) is 0 Å². The maximum Gasteiger partial charge on any atom is 0.292 e. The van der Waals surface area contributed by atoms with Crippen LogP contribution in [-0.4, -0.2) is 24.7 Å². The van der Waals surface area contributed by atoms with Gasteiger partial charge in [0.1, 0.15) is 11.4 Å². The second-order valence-electron chi connectivity index (χ2n) is 4.34. The Morgan fingerprint density at radius 3 is 2.78 bits per heavy atom. The molecule has 0 unspecified atom stereocenters. The van der Waals surface area contributed by atoms with Crippen LogP contribution in [-0.2, 0) is 4.74 Å². The van der Waals surface area contributed by atoms with Crippen molar-refractivity contribution in [2.24, 2.45) is 5.92 Å². The number of nitrogens with two attached hydrogens (primary N) is 1. The van der Waals surface area contributed by atoms with Crippen molar-refractivity contribution in [3.63, 3.8) is 0 Å². The number of nitrogens with zero attached hydrogens (tertiary/aromatic N) is 1. The zero-order valence-electron chi connectivity index (χ0n) is 10.0. The van der Waals surface area contributed by atoms with E-state index >= 15 is 0 Å². The molecule has 98 valence electrons. The van der Waals surface area contributed by atoms with Gasteiger partial charge >= 0.3 is 0 Å². The highest BCUT2D eigenvalue weighted by molar-refractivity contribution is 5.60. The van der Waals surface area contributed by atoms with Crippen molar-refractivity contribution in [2.75, 3.05) is 25.6 Å². The quantitative estimate of drug-likeness (QED) is 0.503. The Hall–Kier alpha value is -1.82. The van der Waals surface area contributed by atoms with Crippen LogP contribution in [0.3, 0.4) is 0 Å². The molecule has 0 atom stereocenters. The maximum absolute atomic E-state index is 10.6. The van der Waals surface area contributed by atoms with Crippen LogP contribution in [0.1, 0.15) is 12.8 Å². The van der Waals surface area contributed by atoms with Crippen molar-refractivity contribution in [2.45, 2.75) is 12.8 Å². The van der Waals surface area contributed by atoms with Gasteiger partial charge in [0.25, 0.3) is 5.69 Å². The van der Waals surface area contributed by atoms with E-state index in [9.17, 15) is 10.1 Å². The Morgan fingerprint density at radius 1 is 1.44 bits per heavy atom. The molecule has 0 aromatic heterocycles. The molecular formula is C12H16N2O4. The van der Waals surface area contributed by atoms with Gasteiger partial charge in [-0.2, -0.15) is 0 Å². The van der Waals surface area contributed by atoms with Crippen molar-refractivity contribution >= 4 is 11.4 Å². The van der Waals surface area contributed by atoms with Crippen LogP contribution in [0.15, 0.2) is 18.2 Å². The molecule has 1 aliphatic heterocycles. The highest BCUT2D eigenvalue weighted by Crippen LogP contribution is 2.26. The number of ether oxygens (including phenoxy) is 2. The standard InChI is InChI=1S/C12H16N2O4/c13-11-7-10(1-2-12(11)14(15)16)18-8-9-3-5-17-6-4-9/h1-2,7,9H,3-6,8,13H2. The predicted molar refractivity (Wildman–Crippen MR) is 66.5 cm³/mol. The van der Waals surface area contributed by atoms with E-state index in [-0.39, 0.29) is 11.4 Å². The van der Waals surface area contributed by atoms with E-state index in [1.54, 1.807) is 6.07 Å². The van der Waals surface area contributed by atoms with E-state index in [4.69, 9.17) is 15.2 Å². The van der Waals surface area contributed by atoms with Gasteiger partial charge in [-0.3, -0.25) is 10.1 Å². The SMILES string of the molecule is Nc1cc(OCC2CCOCC2)ccc1[N+](=O)[O-]. The molecular weight excluding hydrogens is 236 g/mol. The molecule has 1 aliphatic rings. The number of nitro benzene ring substituents is 1. The second-order valence-corrected chi connectivity index (χ2v) is 4.34. The van der Waals surface area contributed by atoms with Crippen molar-refractivity contribution in [3.8, 4) is 5.75 Å². The zero-order valence-corrected chi connectivity index (χ0v) is 10.0. The highest BCUT2D eigenvalue weighted by atomic mass is 16.6. The molecule has 1 fully saturated rings. The predicted octanol–water partition coefficient (Wildman–Crippen LogP) is 1.98. The van der Waals surface area contributed by atoms with Crippen LogP contribution in [0.5, 0.6) is 5.75 Å². The molecule has 6 nitrogen and oxygen atoms in total. The molecule has 0 radical (unpaired) electrons. The molecule has 0 spiro atoms. The first-order valence-electron chi connectivity index (χ1n) is 5.91. The van der Waals surface area contributed by atoms with Gasteiger partial charge in [0.15, 0.2) is 0 Å². The average Bonchev–Trinajstić information content (AvgIpc) is 2.37. The van der Waals surface area contributed by atoms with Crippen LogP contribution < -0.4 is 10.5 Å². The third-order valence-corrected chi connectivity index (χ3v) is 3.02. The van der Waals surface area contributed by atoms with Crippen LogP contribution in [0.25, 0.3) is 0 Å². The van der Waals surface area contributed by atoms with Gasteiger partial charge in [-0.15, -0.1) is 0 Å². The van der Waals surface area contributed by atoms with Crippen molar-refractivity contribution in [1.82, 2.24) is 0 Å². The fraction of sp³-hybridized carbons (Fsp3) is 0.500. The van der Waals surface area contributed by atoms with Crippen LogP contribution in [0, 0.1) is 16.0 Å². The lowest BCUT2D eigenvalue weighted by molar-refractivity contribution is -0.383. The van der Waals surface area contributed by atoms with Crippen molar-refractivity contribution < 1.29 is 14.4 Å². The fourth-order valence-corrected chi connectivity index (χ4v) is 1.92. The molecule has 0 saturated carbocycles. The maximum atomic E-state index is 10.6. The van der Waals surface area contributed by atoms with E-state index in [0.29, 0.717) is 18.3 Å². The lowest BCUT2D eigenvalue weighted by Gasteiger charge is -2.22. The molecule has 6 heteroatoms. The second kappa shape index (κ2) is 5.68. The Bertz CT molecular complexity index is 430. The molecule has 2 N–H and O–H groups in total. The number of benzene rings is 1. The summed E-state index contributed by atoms with van der Waals surface area (Å²) in [6.07, 6.45) is 1.98. The molecule has 2 rings (SSSR count). The summed E-state index contributed by atoms with van der Waals surface area (Å²) in [5, 5.41) is 10.6. The summed E-state index contributed by atoms with van der Waals surface area (Å²) in [4.78, 5) is 10.1. The summed E-state index contributed by atoms with van der Waals surface area (Å²) >= 11 is 0. The number of hydrogen-bond acceptors (Lipinski definition) is 5. The highest BCUT2D eigenvalue weighted by Gasteiger charge is 2.16. The minimum Gasteiger partial charge on any atom is -0.493 e. The van der Waals surface area contributed by atoms with Gasteiger partial charge in [-0.05, 0) is 24.8 Å². The Kier molecular flexibility index (Phi) is 3.99. The Balaban J connectivity index is 1.93. The van der Waals surface area contributed by atoms with Gasteiger partial charge in [0.05, 0.1) is 11.5 Å². The average molecular weight is 252 g/mol. The fourth-order valence-electron chi connectivity index (χ4n) is 1.92. The minimum absolute atomic E-state index is 0.0894. The van der Waals surface area contributed by atoms with Gasteiger partial charge in [0.2, 0.25) is 0 Å². The topological polar surface area (TPSA) is 87.6 Å². The first-order chi connectivity index (χ1) is 8.66. The lowest BCUT2D eigenvalue weighted by atomic mass is 10.0. The van der Waals surface area contributed by atoms with Gasteiger partial charge < -0.3 is 15.2 Å². The van der Waals surface area contributed by atoms with E-state index in [1.165, 1.54) is 12.1 Å². The number of nitro groups is 1. The number of hydrogen-bond donors (Lipinski definition) is 1. The number of anilines is 1. The largest absolute Gasteiger partial charge is 0.493 e. The summed E-state index contributed by atoms with van der Waals surface area (Å²) in [5.74, 6) is 1.06. The minimum atomic E-state index is -0.502. The summed E-state index contributed by atoms with van der Waals surface area (Å²) < 4.78 is 10.9. The summed E-state index contributed by atoms with van der Waals surface area (Å²) in [6, 6.07) is 4.44. The van der Waals surface area contributed by atoms with E-state index in [1.807, 2.05) is 0 Å². The van der Waals surface area contributed by atoms with Crippen LogP contribution in [0.4, 0.5) is 11.4 Å². The zero-order chi connectivity index (χ0) is 13.0. The lowest BCUT2D eigenvalue weighted by Crippen LogP contribution is -2.21. The molecule has 18 heavy (non-hydrogen) atoms. The Labute approximate surface area is 105 Å². The molecule has 1 heterocycles. The molecule has 0 aliphatic carbocycles. The molecule has 0 bridgehead atoms. The van der Waals surface area contributed by atoms with E-state index < -0.39 is 4.92 Å². The third-order valence-electron chi connectivity index (χ3n) is 3.02. The molecule has 1 saturated heterocycles. The first-order valence-corrected chi connectivity index (χ1v) is 5.91. The Morgan fingerprint density at radius 2 is 2.17 bits per heavy atom. The summed E-state index contributed by atoms with van der Waals surface area (Å²) in [7, 11) is 0. The third kappa shape index (κ3) is 3.10. The van der Waals surface area contributed by atoms with E-state index in [2.05, 4.69) is 0 Å². The van der Waals surface area contributed by atoms with Crippen molar-refractivity contribution in [3.05, 3.63) is 28.3 Å². The van der Waals surface area contributed by atoms with Gasteiger partial charge in [0, 0.05) is 25.3 Å². The van der Waals surface area contributed by atoms with Gasteiger partial charge in [-0.1, -0.05) is 0 Å². The summed E-state index contributed by atoms with van der Waals surface area (Å²) in [6.45, 7) is 2.15. The van der Waals surface area contributed by atoms with Crippen molar-refractivity contribution in [1.29, 1.82) is 0 Å². The van der Waals surface area contributed by atoms with Crippen LogP contribution >= 0.6 is 0 Å². The number of rotatable bonds is 4. The number of nitrogen functional groups attached to an aromatic ring is 1. The molecule has 0 amide bonds. The molecule has 1 aromatic rings. The monoisotopic (exact) mass is 252 g/mol. The normalized spacial score (nSPS) is 16.4. The van der Waals surface area contributed by atoms with Gasteiger partial charge in [-0.25, -0.2) is 0 Å². The smallest absolute Gasteiger partial charge is 0.292 e. The molecule has 1 aromatic carbocycles.